The summed E-state index contributed by atoms with van der Waals surface area (Å²) >= 11 is 0. The minimum Gasteiger partial charge on any atom is -0.338 e. The monoisotopic (exact) mass is 318 g/mol. The lowest BCUT2D eigenvalue weighted by atomic mass is 10.1. The second kappa shape index (κ2) is 13.0. The molecule has 0 bridgehead atoms. The fourth-order valence-electron chi connectivity index (χ4n) is 2.63. The largest absolute Gasteiger partial charge is 0.338 e. The van der Waals surface area contributed by atoms with Gasteiger partial charge in [0, 0.05) is 12.2 Å². The van der Waals surface area contributed by atoms with Crippen LogP contribution in [0.5, 0.6) is 0 Å². The molecular weight excluding hydrogens is 284 g/mol. The van der Waals surface area contributed by atoms with Crippen molar-refractivity contribution in [3.63, 3.8) is 0 Å². The molecule has 0 spiro atoms. The van der Waals surface area contributed by atoms with Crippen LogP contribution in [0.2, 0.25) is 0 Å². The van der Waals surface area contributed by atoms with Crippen molar-refractivity contribution in [2.24, 2.45) is 0 Å². The molecule has 0 unspecified atom stereocenters. The number of unbranched alkanes of at least 4 members (excludes halogenated alkanes) is 9. The topological polar surface area (TPSA) is 41.1 Å². The smallest absolute Gasteiger partial charge is 0.319 e. The van der Waals surface area contributed by atoms with Crippen molar-refractivity contribution >= 4 is 11.7 Å². The number of carbonyl (C=O) groups is 1. The molecule has 0 aliphatic rings. The lowest BCUT2D eigenvalue weighted by Gasteiger charge is -2.08. The Kier molecular flexibility index (Phi) is 11.0. The molecule has 3 heteroatoms. The van der Waals surface area contributed by atoms with Gasteiger partial charge in [-0.05, 0) is 25.5 Å². The molecule has 0 saturated heterocycles. The number of rotatable bonds is 12. The molecule has 1 rings (SSSR count). The van der Waals surface area contributed by atoms with Crippen LogP contribution in [-0.2, 0) is 0 Å². The van der Waals surface area contributed by atoms with Crippen LogP contribution in [0, 0.1) is 6.92 Å². The van der Waals surface area contributed by atoms with Crippen LogP contribution in [0.15, 0.2) is 24.3 Å². The Morgan fingerprint density at radius 2 is 1.35 bits per heavy atom. The number of benzene rings is 1. The number of aryl methyl sites for hydroxylation is 1. The van der Waals surface area contributed by atoms with Crippen LogP contribution in [-0.4, -0.2) is 12.6 Å². The number of anilines is 1. The van der Waals surface area contributed by atoms with E-state index in [-0.39, 0.29) is 6.03 Å². The number of urea groups is 1. The molecule has 0 heterocycles. The zero-order chi connectivity index (χ0) is 16.8. The Morgan fingerprint density at radius 1 is 0.826 bits per heavy atom. The van der Waals surface area contributed by atoms with E-state index in [0.29, 0.717) is 0 Å². The summed E-state index contributed by atoms with van der Waals surface area (Å²) in [6, 6.07) is 7.74. The first-order valence-corrected chi connectivity index (χ1v) is 9.34. The quantitative estimate of drug-likeness (QED) is 0.453. The summed E-state index contributed by atoms with van der Waals surface area (Å²) in [5.41, 5.74) is 2.04. The molecule has 23 heavy (non-hydrogen) atoms. The van der Waals surface area contributed by atoms with Gasteiger partial charge in [0.15, 0.2) is 0 Å². The fourth-order valence-corrected chi connectivity index (χ4v) is 2.63. The van der Waals surface area contributed by atoms with Crippen LogP contribution in [0.1, 0.15) is 76.7 Å². The summed E-state index contributed by atoms with van der Waals surface area (Å²) in [7, 11) is 0. The maximum atomic E-state index is 11.7. The molecule has 0 aliphatic carbocycles. The summed E-state index contributed by atoms with van der Waals surface area (Å²) in [4.78, 5) is 11.7. The van der Waals surface area contributed by atoms with E-state index in [2.05, 4.69) is 17.6 Å². The van der Waals surface area contributed by atoms with Crippen LogP contribution in [0.4, 0.5) is 10.5 Å². The van der Waals surface area contributed by atoms with Gasteiger partial charge in [0.1, 0.15) is 0 Å². The van der Waals surface area contributed by atoms with Gasteiger partial charge >= 0.3 is 6.03 Å². The summed E-state index contributed by atoms with van der Waals surface area (Å²) < 4.78 is 0. The summed E-state index contributed by atoms with van der Waals surface area (Å²) in [6.45, 7) is 5.05. The third kappa shape index (κ3) is 10.8. The highest BCUT2D eigenvalue weighted by molar-refractivity contribution is 5.89. The number of hydrogen-bond acceptors (Lipinski definition) is 1. The van der Waals surface area contributed by atoms with E-state index in [1.807, 2.05) is 31.2 Å². The molecule has 130 valence electrons. The zero-order valence-corrected chi connectivity index (χ0v) is 15.0. The summed E-state index contributed by atoms with van der Waals surface area (Å²) in [5, 5.41) is 5.78. The van der Waals surface area contributed by atoms with Gasteiger partial charge in [0.25, 0.3) is 0 Å². The second-order valence-electron chi connectivity index (χ2n) is 6.43. The molecular formula is C20H34N2O. The number of hydrogen-bond donors (Lipinski definition) is 2. The second-order valence-corrected chi connectivity index (χ2v) is 6.43. The lowest BCUT2D eigenvalue weighted by Crippen LogP contribution is -2.29. The predicted octanol–water partition coefficient (Wildman–Crippen LogP) is 6.04. The highest BCUT2D eigenvalue weighted by Crippen LogP contribution is 2.10. The molecule has 2 amide bonds. The van der Waals surface area contributed by atoms with Gasteiger partial charge in [-0.25, -0.2) is 4.79 Å². The van der Waals surface area contributed by atoms with Crippen molar-refractivity contribution in [2.45, 2.75) is 78.1 Å². The molecule has 0 radical (unpaired) electrons. The Labute approximate surface area is 142 Å². The third-order valence-corrected chi connectivity index (χ3v) is 4.13. The van der Waals surface area contributed by atoms with Crippen molar-refractivity contribution in [3.8, 4) is 0 Å². The van der Waals surface area contributed by atoms with Crippen molar-refractivity contribution < 1.29 is 4.79 Å². The predicted molar refractivity (Wildman–Crippen MR) is 100 cm³/mol. The Hall–Kier alpha value is -1.51. The van der Waals surface area contributed by atoms with Crippen LogP contribution in [0.3, 0.4) is 0 Å². The highest BCUT2D eigenvalue weighted by Gasteiger charge is 2.00. The zero-order valence-electron chi connectivity index (χ0n) is 15.0. The third-order valence-electron chi connectivity index (χ3n) is 4.13. The molecule has 0 saturated carbocycles. The normalized spacial score (nSPS) is 10.5. The van der Waals surface area contributed by atoms with E-state index in [0.717, 1.165) is 18.7 Å². The standard InChI is InChI=1S/C20H34N2O/c1-3-4-5-6-7-8-9-10-11-12-17-21-20(23)22-19-15-13-18(2)14-16-19/h13-16H,3-12,17H2,1-2H3,(H2,21,22,23). The molecule has 0 fully saturated rings. The van der Waals surface area contributed by atoms with Gasteiger partial charge in [-0.1, -0.05) is 82.4 Å². The summed E-state index contributed by atoms with van der Waals surface area (Å²) in [5.74, 6) is 0. The molecule has 1 aromatic rings. The number of nitrogens with one attached hydrogen (secondary N) is 2. The maximum Gasteiger partial charge on any atom is 0.319 e. The van der Waals surface area contributed by atoms with E-state index in [1.54, 1.807) is 0 Å². The first-order chi connectivity index (χ1) is 11.2. The summed E-state index contributed by atoms with van der Waals surface area (Å²) in [6.07, 6.45) is 13.2. The molecule has 3 nitrogen and oxygen atoms in total. The maximum absolute atomic E-state index is 11.7. The first kappa shape index (κ1) is 19.5. The highest BCUT2D eigenvalue weighted by atomic mass is 16.2. The SMILES string of the molecule is CCCCCCCCCCCCNC(=O)Nc1ccc(C)cc1. The van der Waals surface area contributed by atoms with E-state index in [9.17, 15) is 4.79 Å². The van der Waals surface area contributed by atoms with Gasteiger partial charge in [-0.15, -0.1) is 0 Å². The van der Waals surface area contributed by atoms with Gasteiger partial charge in [0.2, 0.25) is 0 Å². The Balaban J connectivity index is 1.90. The van der Waals surface area contributed by atoms with Gasteiger partial charge in [-0.3, -0.25) is 0 Å². The molecule has 0 atom stereocenters. The van der Waals surface area contributed by atoms with E-state index >= 15 is 0 Å². The van der Waals surface area contributed by atoms with Gasteiger partial charge in [-0.2, -0.15) is 0 Å². The number of carbonyl (C=O) groups excluding carboxylic acids is 1. The van der Waals surface area contributed by atoms with Crippen molar-refractivity contribution in [3.05, 3.63) is 29.8 Å². The van der Waals surface area contributed by atoms with Crippen LogP contribution < -0.4 is 10.6 Å². The average molecular weight is 319 g/mol. The Morgan fingerprint density at radius 3 is 1.91 bits per heavy atom. The van der Waals surface area contributed by atoms with Crippen molar-refractivity contribution in [2.75, 3.05) is 11.9 Å². The van der Waals surface area contributed by atoms with Crippen molar-refractivity contribution in [1.82, 2.24) is 5.32 Å². The molecule has 0 aromatic heterocycles. The van der Waals surface area contributed by atoms with Crippen molar-refractivity contribution in [1.29, 1.82) is 0 Å². The van der Waals surface area contributed by atoms with Gasteiger partial charge in [0.05, 0.1) is 0 Å². The Bertz CT molecular complexity index is 414. The van der Waals surface area contributed by atoms with E-state index in [4.69, 9.17) is 0 Å². The minimum atomic E-state index is -0.107. The van der Waals surface area contributed by atoms with E-state index in [1.165, 1.54) is 63.4 Å². The first-order valence-electron chi connectivity index (χ1n) is 9.34. The van der Waals surface area contributed by atoms with E-state index < -0.39 is 0 Å². The molecule has 1 aromatic carbocycles. The minimum absolute atomic E-state index is 0.107. The van der Waals surface area contributed by atoms with Crippen LogP contribution >= 0.6 is 0 Å². The van der Waals surface area contributed by atoms with Crippen LogP contribution in [0.25, 0.3) is 0 Å². The molecule has 0 aliphatic heterocycles. The molecule has 2 N–H and O–H groups in total. The lowest BCUT2D eigenvalue weighted by molar-refractivity contribution is 0.252. The van der Waals surface area contributed by atoms with Gasteiger partial charge < -0.3 is 10.6 Å². The number of amides is 2. The fraction of sp³-hybridized carbons (Fsp3) is 0.650. The average Bonchev–Trinajstić information content (AvgIpc) is 2.55.